The fourth-order valence-electron chi connectivity index (χ4n) is 6.96. The third-order valence-electron chi connectivity index (χ3n) is 9.29. The van der Waals surface area contributed by atoms with Crippen LogP contribution >= 0.6 is 31.9 Å². The molecule has 0 fully saturated rings. The van der Waals surface area contributed by atoms with Crippen molar-refractivity contribution in [2.75, 3.05) is 33.9 Å². The van der Waals surface area contributed by atoms with Gasteiger partial charge in [-0.3, -0.25) is 4.79 Å². The van der Waals surface area contributed by atoms with E-state index in [2.05, 4.69) is 88.9 Å². The number of aliphatic hydroxyl groups is 2. The van der Waals surface area contributed by atoms with Crippen molar-refractivity contribution in [3.63, 3.8) is 0 Å². The van der Waals surface area contributed by atoms with Crippen LogP contribution in [-0.4, -0.2) is 71.3 Å². The molecule has 5 N–H and O–H groups in total. The minimum Gasteiger partial charge on any atom is -0.481 e. The zero-order valence-electron chi connectivity index (χ0n) is 29.0. The molecule has 2 aromatic heterocycles. The molecule has 0 saturated carbocycles. The molecule has 0 bridgehead atoms. The number of methoxy groups -OCH3 is 2. The number of hydrogen-bond acceptors (Lipinski definition) is 11. The molecular formula is C38H42Br2N4O8. The van der Waals surface area contributed by atoms with Crippen LogP contribution in [0.3, 0.4) is 0 Å². The van der Waals surface area contributed by atoms with Gasteiger partial charge >= 0.3 is 5.97 Å². The number of aromatic nitrogens is 2. The molecule has 2 aliphatic carbocycles. The van der Waals surface area contributed by atoms with Gasteiger partial charge in [-0.15, -0.1) is 0 Å². The number of aliphatic carboxylic acids is 1. The lowest BCUT2D eigenvalue weighted by molar-refractivity contribution is -0.139. The predicted octanol–water partition coefficient (Wildman–Crippen LogP) is 5.83. The lowest BCUT2D eigenvalue weighted by Gasteiger charge is -2.19. The van der Waals surface area contributed by atoms with E-state index >= 15 is 0 Å². The molecule has 4 aromatic rings. The first-order valence-corrected chi connectivity index (χ1v) is 18.8. The Bertz CT molecular complexity index is 1910. The van der Waals surface area contributed by atoms with E-state index in [4.69, 9.17) is 29.2 Å². The van der Waals surface area contributed by atoms with Crippen molar-refractivity contribution in [1.29, 1.82) is 0 Å². The number of nitrogens with zero attached hydrogens (tertiary/aromatic N) is 2. The molecule has 14 heteroatoms. The molecule has 276 valence electrons. The second kappa shape index (κ2) is 17.4. The maximum Gasteiger partial charge on any atom is 0.306 e. The zero-order valence-corrected chi connectivity index (χ0v) is 32.1. The summed E-state index contributed by atoms with van der Waals surface area (Å²) in [4.78, 5) is 20.2. The van der Waals surface area contributed by atoms with E-state index in [0.29, 0.717) is 47.6 Å². The van der Waals surface area contributed by atoms with Gasteiger partial charge in [0.25, 0.3) is 0 Å². The number of halogens is 2. The molecule has 0 amide bonds. The normalized spacial score (nSPS) is 16.7. The molecule has 2 aliphatic rings. The summed E-state index contributed by atoms with van der Waals surface area (Å²) in [5.74, 6) is 0.698. The fraction of sp³-hybridized carbons (Fsp3) is 0.395. The first-order valence-electron chi connectivity index (χ1n) is 17.2. The van der Waals surface area contributed by atoms with E-state index in [0.717, 1.165) is 52.4 Å². The van der Waals surface area contributed by atoms with Crippen LogP contribution in [-0.2, 0) is 30.7 Å². The quantitative estimate of drug-likeness (QED) is 0.0811. The van der Waals surface area contributed by atoms with E-state index in [-0.39, 0.29) is 31.8 Å². The molecule has 12 nitrogen and oxygen atoms in total. The van der Waals surface area contributed by atoms with E-state index in [9.17, 15) is 9.90 Å². The van der Waals surface area contributed by atoms with Crippen molar-refractivity contribution in [2.24, 2.45) is 0 Å². The highest BCUT2D eigenvalue weighted by Crippen LogP contribution is 2.46. The van der Waals surface area contributed by atoms with Crippen LogP contribution in [0.5, 0.6) is 23.5 Å². The maximum absolute atomic E-state index is 10.9. The van der Waals surface area contributed by atoms with Crippen LogP contribution in [0.25, 0.3) is 11.1 Å². The van der Waals surface area contributed by atoms with Gasteiger partial charge in [0.2, 0.25) is 23.5 Å². The topological polar surface area (TPSA) is 165 Å². The Morgan fingerprint density at radius 2 is 1.33 bits per heavy atom. The van der Waals surface area contributed by atoms with Crippen molar-refractivity contribution < 1.29 is 39.1 Å². The largest absolute Gasteiger partial charge is 0.481 e. The Morgan fingerprint density at radius 3 is 1.79 bits per heavy atom. The molecule has 2 aromatic carbocycles. The lowest BCUT2D eigenvalue weighted by atomic mass is 9.91. The van der Waals surface area contributed by atoms with Crippen molar-refractivity contribution in [2.45, 2.75) is 63.5 Å². The second-order valence-corrected chi connectivity index (χ2v) is 14.4. The van der Waals surface area contributed by atoms with Gasteiger partial charge in [0.1, 0.15) is 12.2 Å². The number of fused-ring (bicyclic) bond motifs is 2. The number of rotatable bonds is 17. The molecule has 0 aliphatic heterocycles. The average Bonchev–Trinajstić information content (AvgIpc) is 3.74. The van der Waals surface area contributed by atoms with Crippen LogP contribution in [0.4, 0.5) is 0 Å². The first kappa shape index (κ1) is 38.0. The first-order chi connectivity index (χ1) is 25.2. The number of pyridine rings is 2. The summed E-state index contributed by atoms with van der Waals surface area (Å²) in [6.07, 6.45) is 1.63. The van der Waals surface area contributed by atoms with Gasteiger partial charge in [0.15, 0.2) is 0 Å². The highest BCUT2D eigenvalue weighted by molar-refractivity contribution is 9.10. The van der Waals surface area contributed by atoms with Gasteiger partial charge < -0.3 is 44.9 Å². The molecule has 3 atom stereocenters. The van der Waals surface area contributed by atoms with Gasteiger partial charge in [-0.2, -0.15) is 9.97 Å². The van der Waals surface area contributed by atoms with Crippen molar-refractivity contribution in [3.05, 3.63) is 90.9 Å². The number of hydrogen-bond donors (Lipinski definition) is 5. The minimum absolute atomic E-state index is 0.0505. The summed E-state index contributed by atoms with van der Waals surface area (Å²) in [5.41, 5.74) is 8.80. The highest BCUT2D eigenvalue weighted by Gasteiger charge is 2.32. The standard InChI is InChI=1S/C38H42Br2N4O8/c1-49-35-21(18-41-13-14-45)15-30(39)37(43-35)51-32-11-9-26-24(5-3-7-28(26)32)25-6-4-8-29-27(25)10-12-33(29)52-38-31(40)16-22(36(44-38)50-2)19-42-20-23(46)17-34(47)48/h3-8,15-16,23,32-33,41-42,45-46H,9-14,17-20H2,1-2H3,(H,47,48)/t23-,32-,33?/m0/s1. The number of carbonyl (C=O) groups is 1. The average molecular weight is 843 g/mol. The Kier molecular flexibility index (Phi) is 12.7. The maximum atomic E-state index is 10.9. The molecule has 1 unspecified atom stereocenters. The number of carboxylic acids is 1. The van der Waals surface area contributed by atoms with Crippen LogP contribution in [0.2, 0.25) is 0 Å². The molecule has 0 saturated heterocycles. The third kappa shape index (κ3) is 8.53. The molecule has 0 spiro atoms. The summed E-state index contributed by atoms with van der Waals surface area (Å²) in [5, 5.41) is 34.1. The monoisotopic (exact) mass is 840 g/mol. The smallest absolute Gasteiger partial charge is 0.306 e. The molecular weight excluding hydrogens is 800 g/mol. The van der Waals surface area contributed by atoms with E-state index in [1.807, 2.05) is 12.1 Å². The number of carboxylic acid groups (broad SMARTS) is 1. The van der Waals surface area contributed by atoms with Crippen LogP contribution < -0.4 is 29.6 Å². The van der Waals surface area contributed by atoms with E-state index in [1.165, 1.54) is 29.4 Å². The summed E-state index contributed by atoms with van der Waals surface area (Å²) in [6, 6.07) is 16.6. The number of nitrogens with one attached hydrogen (secondary N) is 2. The second-order valence-electron chi connectivity index (χ2n) is 12.7. The number of benzene rings is 2. The van der Waals surface area contributed by atoms with Crippen molar-refractivity contribution in [1.82, 2.24) is 20.6 Å². The Labute approximate surface area is 319 Å². The minimum atomic E-state index is -1.05. The van der Waals surface area contributed by atoms with Crippen LogP contribution in [0, 0.1) is 0 Å². The van der Waals surface area contributed by atoms with Crippen LogP contribution in [0.1, 0.15) is 64.9 Å². The summed E-state index contributed by atoms with van der Waals surface area (Å²) in [6.45, 7) is 1.48. The van der Waals surface area contributed by atoms with Gasteiger partial charge in [-0.25, -0.2) is 0 Å². The van der Waals surface area contributed by atoms with Gasteiger partial charge in [-0.05, 0) is 103 Å². The third-order valence-corrected chi connectivity index (χ3v) is 10.4. The summed E-state index contributed by atoms with van der Waals surface area (Å²) in [7, 11) is 3.13. The van der Waals surface area contributed by atoms with Crippen molar-refractivity contribution >= 4 is 37.8 Å². The van der Waals surface area contributed by atoms with Crippen molar-refractivity contribution in [3.8, 4) is 34.6 Å². The fourth-order valence-corrected chi connectivity index (χ4v) is 7.88. The van der Waals surface area contributed by atoms with E-state index in [1.54, 1.807) is 7.11 Å². The zero-order chi connectivity index (χ0) is 36.8. The number of aliphatic hydroxyl groups excluding tert-OH is 2. The lowest BCUT2D eigenvalue weighted by Crippen LogP contribution is -2.28. The van der Waals surface area contributed by atoms with Gasteiger partial charge in [-0.1, -0.05) is 36.4 Å². The Morgan fingerprint density at radius 1 is 0.827 bits per heavy atom. The summed E-state index contributed by atoms with van der Waals surface area (Å²) < 4.78 is 25.6. The molecule has 52 heavy (non-hydrogen) atoms. The van der Waals surface area contributed by atoms with E-state index < -0.39 is 12.1 Å². The highest BCUT2D eigenvalue weighted by atomic mass is 79.9. The molecule has 6 rings (SSSR count). The molecule has 0 radical (unpaired) electrons. The SMILES string of the molecule is COc1nc(OC2CCc3c(-c4cccc5c4CC[C@@H]5Oc4nc(OC)c(CNCCO)cc4Br)cccc32)c(Br)cc1CNC[C@@H](O)CC(=O)O. The predicted molar refractivity (Wildman–Crippen MR) is 201 cm³/mol. The Balaban J connectivity index is 1.19. The van der Waals surface area contributed by atoms with Crippen LogP contribution in [0.15, 0.2) is 57.5 Å². The van der Waals surface area contributed by atoms with Gasteiger partial charge in [0.05, 0.1) is 42.3 Å². The van der Waals surface area contributed by atoms with Gasteiger partial charge in [0, 0.05) is 37.3 Å². The molecule has 2 heterocycles. The summed E-state index contributed by atoms with van der Waals surface area (Å²) >= 11 is 7.26. The number of ether oxygens (including phenoxy) is 4. The Hall–Kier alpha value is -3.79.